The second-order valence-corrected chi connectivity index (χ2v) is 15.1. The van der Waals surface area contributed by atoms with Crippen LogP contribution in [-0.4, -0.2) is 92.3 Å². The molecule has 1 saturated heterocycles. The monoisotopic (exact) mass is 701 g/mol. The minimum absolute atomic E-state index is 0.0501. The molecular formula is C35H43NO10S2. The highest BCUT2D eigenvalue weighted by molar-refractivity contribution is 8.26. The number of ether oxygens (including phenoxy) is 3. The molecule has 48 heavy (non-hydrogen) atoms. The minimum Gasteiger partial charge on any atom is -0.497 e. The van der Waals surface area contributed by atoms with Crippen molar-refractivity contribution in [2.24, 2.45) is 11.8 Å². The van der Waals surface area contributed by atoms with E-state index in [4.69, 9.17) is 30.8 Å². The number of aryl methyl sites for hydroxylation is 1. The molecular weight excluding hydrogens is 659 g/mol. The first-order valence-electron chi connectivity index (χ1n) is 16.6. The van der Waals surface area contributed by atoms with E-state index in [1.165, 1.54) is 24.6 Å². The van der Waals surface area contributed by atoms with Gasteiger partial charge in [0.25, 0.3) is 5.91 Å². The van der Waals surface area contributed by atoms with E-state index in [-0.39, 0.29) is 18.6 Å². The summed E-state index contributed by atoms with van der Waals surface area (Å²) in [4.78, 5) is 28.6. The molecule has 3 unspecified atom stereocenters. The minimum atomic E-state index is -2.05. The number of aliphatic hydroxyl groups excluding tert-OH is 3. The lowest BCUT2D eigenvalue weighted by Gasteiger charge is -2.38. The summed E-state index contributed by atoms with van der Waals surface area (Å²) in [6.07, 6.45) is 3.84. The van der Waals surface area contributed by atoms with Gasteiger partial charge in [0.1, 0.15) is 33.4 Å². The Hall–Kier alpha value is -2.94. The Kier molecular flexibility index (Phi) is 10.5. The maximum absolute atomic E-state index is 13.7. The Morgan fingerprint density at radius 2 is 1.75 bits per heavy atom. The van der Waals surface area contributed by atoms with Crippen LogP contribution in [0.2, 0.25) is 0 Å². The van der Waals surface area contributed by atoms with E-state index in [0.29, 0.717) is 63.3 Å². The van der Waals surface area contributed by atoms with Crippen LogP contribution in [0.3, 0.4) is 0 Å². The standard InChI is InChI=1S/C35H43NO10S2/c1-43-23-12-22(13-24(15-23)44-2)28-14-21(6-4-3-5-9-45-33(41)35(42)17-26(37)31(39)27(38)18-35)29(46-28)16-30-32(40)36(34(47)48-30)25-11-19-7-8-20(25)10-19/h12-16,19-20,25-27,31,37-39,42H,3-11,17-18H2,1-2H3/b30-16-/t19?,20?,25?,26-,27-,31-,35+/m1/s1. The van der Waals surface area contributed by atoms with Gasteiger partial charge in [0.2, 0.25) is 0 Å². The number of carbonyl (C=O) groups excluding carboxylic acids is 2. The molecule has 3 aliphatic carbocycles. The average molecular weight is 702 g/mol. The molecule has 0 spiro atoms. The average Bonchev–Trinajstić information content (AvgIpc) is 3.85. The summed E-state index contributed by atoms with van der Waals surface area (Å²) in [5.74, 6) is 2.61. The molecule has 0 radical (unpaired) electrons. The van der Waals surface area contributed by atoms with Crippen LogP contribution in [0, 0.1) is 11.8 Å². The predicted molar refractivity (Wildman–Crippen MR) is 182 cm³/mol. The lowest BCUT2D eigenvalue weighted by atomic mass is 9.80. The third-order valence-electron chi connectivity index (χ3n) is 10.2. The molecule has 4 N–H and O–H groups in total. The fourth-order valence-electron chi connectivity index (χ4n) is 7.60. The number of fused-ring (bicyclic) bond motifs is 2. The predicted octanol–water partition coefficient (Wildman–Crippen LogP) is 4.22. The number of esters is 1. The first-order chi connectivity index (χ1) is 23.0. The normalized spacial score (nSPS) is 30.8. The van der Waals surface area contributed by atoms with Crippen molar-refractivity contribution in [1.82, 2.24) is 4.90 Å². The molecule has 11 nitrogen and oxygen atoms in total. The molecule has 13 heteroatoms. The van der Waals surface area contributed by atoms with Gasteiger partial charge < -0.3 is 39.1 Å². The van der Waals surface area contributed by atoms with Crippen LogP contribution in [0.15, 0.2) is 33.6 Å². The third kappa shape index (κ3) is 7.17. The Bertz CT molecular complexity index is 1540. The number of nitrogens with zero attached hydrogens (tertiary/aromatic N) is 1. The van der Waals surface area contributed by atoms with E-state index in [1.54, 1.807) is 26.4 Å². The third-order valence-corrected chi connectivity index (χ3v) is 11.5. The van der Waals surface area contributed by atoms with Gasteiger partial charge in [-0.2, -0.15) is 0 Å². The van der Waals surface area contributed by atoms with Crippen LogP contribution in [-0.2, 0) is 20.7 Å². The van der Waals surface area contributed by atoms with Gasteiger partial charge in [-0.15, -0.1) is 0 Å². The first-order valence-corrected chi connectivity index (χ1v) is 17.8. The lowest BCUT2D eigenvalue weighted by Crippen LogP contribution is -2.56. The van der Waals surface area contributed by atoms with E-state index < -0.39 is 42.7 Å². The van der Waals surface area contributed by atoms with E-state index in [0.717, 1.165) is 30.4 Å². The highest BCUT2D eigenvalue weighted by Crippen LogP contribution is 2.49. The zero-order valence-electron chi connectivity index (χ0n) is 27.1. The van der Waals surface area contributed by atoms with Crippen molar-refractivity contribution in [3.05, 3.63) is 40.5 Å². The summed E-state index contributed by atoms with van der Waals surface area (Å²) < 4.78 is 23.2. The number of benzene rings is 1. The summed E-state index contributed by atoms with van der Waals surface area (Å²) >= 11 is 7.03. The fourth-order valence-corrected chi connectivity index (χ4v) is 8.94. The van der Waals surface area contributed by atoms with Crippen molar-refractivity contribution in [2.45, 2.75) is 94.2 Å². The molecule has 3 saturated carbocycles. The fraction of sp³-hybridized carbons (Fsp3) is 0.571. The second-order valence-electron chi connectivity index (χ2n) is 13.4. The molecule has 4 fully saturated rings. The lowest BCUT2D eigenvalue weighted by molar-refractivity contribution is -0.192. The van der Waals surface area contributed by atoms with Gasteiger partial charge in [0.15, 0.2) is 5.60 Å². The van der Waals surface area contributed by atoms with Crippen molar-refractivity contribution in [2.75, 3.05) is 20.8 Å². The topological polar surface area (TPSA) is 159 Å². The molecule has 4 aliphatic rings. The molecule has 1 aromatic carbocycles. The summed E-state index contributed by atoms with van der Waals surface area (Å²) in [7, 11) is 3.17. The van der Waals surface area contributed by atoms with E-state index in [9.17, 15) is 30.0 Å². The number of hydrogen-bond donors (Lipinski definition) is 4. The summed E-state index contributed by atoms with van der Waals surface area (Å²) in [5.41, 5.74) is -0.384. The van der Waals surface area contributed by atoms with E-state index >= 15 is 0 Å². The molecule has 5 atom stereocenters. The largest absolute Gasteiger partial charge is 0.497 e. The number of thioether (sulfide) groups is 1. The van der Waals surface area contributed by atoms with Gasteiger partial charge in [0, 0.05) is 36.6 Å². The van der Waals surface area contributed by atoms with Crippen LogP contribution in [0.5, 0.6) is 11.5 Å². The van der Waals surface area contributed by atoms with Crippen molar-refractivity contribution in [1.29, 1.82) is 0 Å². The van der Waals surface area contributed by atoms with Crippen LogP contribution in [0.25, 0.3) is 17.4 Å². The number of rotatable bonds is 12. The highest BCUT2D eigenvalue weighted by Gasteiger charge is 2.50. The maximum Gasteiger partial charge on any atom is 0.338 e. The van der Waals surface area contributed by atoms with Gasteiger partial charge in [-0.05, 0) is 80.5 Å². The van der Waals surface area contributed by atoms with Crippen LogP contribution >= 0.6 is 24.0 Å². The van der Waals surface area contributed by atoms with Crippen molar-refractivity contribution in [3.8, 4) is 22.8 Å². The van der Waals surface area contributed by atoms with E-state index in [1.807, 2.05) is 23.1 Å². The number of unbranched alkanes of at least 4 members (excludes halogenated alkanes) is 2. The van der Waals surface area contributed by atoms with Crippen molar-refractivity contribution >= 4 is 46.3 Å². The van der Waals surface area contributed by atoms with Crippen LogP contribution in [0.1, 0.15) is 69.1 Å². The van der Waals surface area contributed by atoms with Crippen molar-refractivity contribution < 1.29 is 48.6 Å². The number of methoxy groups -OCH3 is 2. The Labute approximate surface area is 289 Å². The van der Waals surface area contributed by atoms with Gasteiger partial charge in [-0.25, -0.2) is 4.79 Å². The van der Waals surface area contributed by atoms with Crippen molar-refractivity contribution in [3.63, 3.8) is 0 Å². The summed E-state index contributed by atoms with van der Waals surface area (Å²) in [5, 5.41) is 40.2. The summed E-state index contributed by atoms with van der Waals surface area (Å²) in [6.45, 7) is 0.0501. The Morgan fingerprint density at radius 1 is 1.04 bits per heavy atom. The quantitative estimate of drug-likeness (QED) is 0.108. The number of amides is 1. The molecule has 260 valence electrons. The zero-order chi connectivity index (χ0) is 34.2. The maximum atomic E-state index is 13.7. The number of thiocarbonyl (C=S) groups is 1. The molecule has 2 aromatic rings. The first kappa shape index (κ1) is 34.9. The number of carbonyl (C=O) groups is 2. The second kappa shape index (κ2) is 14.5. The Balaban J connectivity index is 1.13. The van der Waals surface area contributed by atoms with E-state index in [2.05, 4.69) is 0 Å². The van der Waals surface area contributed by atoms with Crippen LogP contribution in [0.4, 0.5) is 0 Å². The number of hydrogen-bond acceptors (Lipinski definition) is 12. The summed E-state index contributed by atoms with van der Waals surface area (Å²) in [6, 6.07) is 7.63. The molecule has 1 aromatic heterocycles. The van der Waals surface area contributed by atoms with Gasteiger partial charge in [0.05, 0.1) is 37.9 Å². The zero-order valence-corrected chi connectivity index (χ0v) is 28.8. The van der Waals surface area contributed by atoms with Gasteiger partial charge in [-0.1, -0.05) is 30.4 Å². The van der Waals surface area contributed by atoms with Crippen LogP contribution < -0.4 is 9.47 Å². The molecule has 2 heterocycles. The molecule has 1 amide bonds. The smallest absolute Gasteiger partial charge is 0.338 e. The SMILES string of the molecule is COc1cc(OC)cc(-c2cc(CCCCCOC(=O)[C@]3(O)C[C@@H](O)[C@@H](O)[C@H](O)C3)c(/C=C3\SC(=S)N(C4CC5CCC4C5)C3=O)o2)c1. The number of furan rings is 1. The molecule has 6 rings (SSSR count). The molecule has 1 aliphatic heterocycles. The van der Waals surface area contributed by atoms with Gasteiger partial charge >= 0.3 is 5.97 Å². The number of aliphatic hydroxyl groups is 4. The highest BCUT2D eigenvalue weighted by atomic mass is 32.2. The Morgan fingerprint density at radius 3 is 2.38 bits per heavy atom. The van der Waals surface area contributed by atoms with Gasteiger partial charge in [-0.3, -0.25) is 9.69 Å². The molecule has 2 bridgehead atoms.